The molecule has 1 saturated heterocycles. The zero-order chi connectivity index (χ0) is 7.41. The average Bonchev–Trinajstić information content (AvgIpc) is 1.95. The molecule has 2 nitrogen and oxygen atoms in total. The highest BCUT2D eigenvalue weighted by molar-refractivity contribution is 5.19. The number of hydrogen-bond donors (Lipinski definition) is 1. The fourth-order valence-corrected chi connectivity index (χ4v) is 2.14. The summed E-state index contributed by atoms with van der Waals surface area (Å²) in [6.45, 7) is 1.26. The molecule has 1 aliphatic heterocycles. The van der Waals surface area contributed by atoms with Gasteiger partial charge in [0.15, 0.2) is 0 Å². The summed E-state index contributed by atoms with van der Waals surface area (Å²) >= 11 is 0. The zero-order valence-corrected chi connectivity index (χ0v) is 6.23. The van der Waals surface area contributed by atoms with Crippen LogP contribution in [-0.4, -0.2) is 36.2 Å². The first kappa shape index (κ1) is 6.55. The average molecular weight is 144 g/mol. The van der Waals surface area contributed by atoms with Crippen LogP contribution in [0.3, 0.4) is 0 Å². The standard InChI is InChI=1S/C7H13FN2/c1-10-4-6(8)2-3-7(6,9)5-10/h2-5,9H2,1H3/t6-,7+/m0/s1. The second-order valence-corrected chi connectivity index (χ2v) is 3.79. The van der Waals surface area contributed by atoms with Crippen LogP contribution >= 0.6 is 0 Å². The molecular weight excluding hydrogens is 131 g/mol. The molecule has 0 spiro atoms. The topological polar surface area (TPSA) is 29.3 Å². The number of rotatable bonds is 0. The lowest BCUT2D eigenvalue weighted by atomic mass is 9.67. The van der Waals surface area contributed by atoms with Gasteiger partial charge in [-0.3, -0.25) is 0 Å². The number of hydrogen-bond acceptors (Lipinski definition) is 2. The van der Waals surface area contributed by atoms with Gasteiger partial charge in [-0.15, -0.1) is 0 Å². The van der Waals surface area contributed by atoms with Gasteiger partial charge in [-0.05, 0) is 19.9 Å². The molecule has 0 aromatic carbocycles. The van der Waals surface area contributed by atoms with Gasteiger partial charge >= 0.3 is 0 Å². The van der Waals surface area contributed by atoms with Crippen molar-refractivity contribution in [2.24, 2.45) is 5.73 Å². The van der Waals surface area contributed by atoms with E-state index in [0.29, 0.717) is 13.0 Å². The van der Waals surface area contributed by atoms with Gasteiger partial charge in [-0.2, -0.15) is 0 Å². The Morgan fingerprint density at radius 3 is 2.30 bits per heavy atom. The highest BCUT2D eigenvalue weighted by Crippen LogP contribution is 2.48. The number of likely N-dealkylation sites (N-methyl/N-ethyl adjacent to an activating group) is 1. The van der Waals surface area contributed by atoms with Crippen LogP contribution < -0.4 is 5.73 Å². The zero-order valence-electron chi connectivity index (χ0n) is 6.23. The van der Waals surface area contributed by atoms with Crippen LogP contribution in [0.4, 0.5) is 4.39 Å². The Kier molecular flexibility index (Phi) is 1.01. The number of likely N-dealkylation sites (tertiary alicyclic amines) is 1. The summed E-state index contributed by atoms with van der Waals surface area (Å²) in [6, 6.07) is 0. The summed E-state index contributed by atoms with van der Waals surface area (Å²) in [4.78, 5) is 1.98. The van der Waals surface area contributed by atoms with E-state index in [2.05, 4.69) is 0 Å². The molecule has 1 saturated carbocycles. The minimum atomic E-state index is -1.05. The SMILES string of the molecule is CN1C[C@]2(N)CC[C@]2(F)C1. The molecule has 0 unspecified atom stereocenters. The molecule has 2 aliphatic rings. The maximum absolute atomic E-state index is 13.6. The van der Waals surface area contributed by atoms with Crippen molar-refractivity contribution in [2.75, 3.05) is 20.1 Å². The molecular formula is C7H13FN2. The lowest BCUT2D eigenvalue weighted by molar-refractivity contribution is 0.00335. The predicted octanol–water partition coefficient (Wildman–Crippen LogP) is 0.131. The fourth-order valence-electron chi connectivity index (χ4n) is 2.14. The molecule has 58 valence electrons. The van der Waals surface area contributed by atoms with E-state index in [1.165, 1.54) is 0 Å². The van der Waals surface area contributed by atoms with Crippen LogP contribution in [0.2, 0.25) is 0 Å². The third-order valence-electron chi connectivity index (χ3n) is 2.93. The lowest BCUT2D eigenvalue weighted by Gasteiger charge is -2.46. The van der Waals surface area contributed by atoms with Crippen molar-refractivity contribution in [1.29, 1.82) is 0 Å². The minimum absolute atomic E-state index is 0.498. The smallest absolute Gasteiger partial charge is 0.142 e. The number of fused-ring (bicyclic) bond motifs is 1. The number of nitrogens with two attached hydrogens (primary N) is 1. The molecule has 3 heteroatoms. The monoisotopic (exact) mass is 144 g/mol. The highest BCUT2D eigenvalue weighted by atomic mass is 19.1. The first-order valence-electron chi connectivity index (χ1n) is 3.72. The van der Waals surface area contributed by atoms with E-state index in [9.17, 15) is 4.39 Å². The van der Waals surface area contributed by atoms with Crippen LogP contribution in [-0.2, 0) is 0 Å². The van der Waals surface area contributed by atoms with E-state index in [4.69, 9.17) is 5.73 Å². The van der Waals surface area contributed by atoms with E-state index in [1.807, 2.05) is 11.9 Å². The van der Waals surface area contributed by atoms with Crippen molar-refractivity contribution in [3.05, 3.63) is 0 Å². The summed E-state index contributed by atoms with van der Waals surface area (Å²) in [7, 11) is 1.92. The summed E-state index contributed by atoms with van der Waals surface area (Å²) < 4.78 is 13.6. The van der Waals surface area contributed by atoms with Crippen molar-refractivity contribution in [3.63, 3.8) is 0 Å². The first-order valence-corrected chi connectivity index (χ1v) is 3.72. The van der Waals surface area contributed by atoms with Crippen LogP contribution in [0, 0.1) is 0 Å². The van der Waals surface area contributed by atoms with Crippen molar-refractivity contribution < 1.29 is 4.39 Å². The third kappa shape index (κ3) is 0.551. The van der Waals surface area contributed by atoms with Crippen molar-refractivity contribution in [2.45, 2.75) is 24.0 Å². The van der Waals surface area contributed by atoms with Crippen LogP contribution in [0.25, 0.3) is 0 Å². The van der Waals surface area contributed by atoms with Crippen molar-refractivity contribution >= 4 is 0 Å². The van der Waals surface area contributed by atoms with Gasteiger partial charge in [-0.25, -0.2) is 4.39 Å². The summed E-state index contributed by atoms with van der Waals surface area (Å²) in [5.41, 5.74) is 4.26. The molecule has 2 N–H and O–H groups in total. The molecule has 10 heavy (non-hydrogen) atoms. The molecule has 0 radical (unpaired) electrons. The Balaban J connectivity index is 2.23. The molecule has 0 bridgehead atoms. The Labute approximate surface area is 60.2 Å². The van der Waals surface area contributed by atoms with Crippen LogP contribution in [0.5, 0.6) is 0 Å². The van der Waals surface area contributed by atoms with Crippen molar-refractivity contribution in [1.82, 2.24) is 4.90 Å². The quantitative estimate of drug-likeness (QED) is 0.523. The maximum atomic E-state index is 13.6. The summed E-state index contributed by atoms with van der Waals surface area (Å²) in [5, 5.41) is 0. The molecule has 2 atom stereocenters. The maximum Gasteiger partial charge on any atom is 0.142 e. The summed E-state index contributed by atoms with van der Waals surface area (Å²) in [5.74, 6) is 0. The van der Waals surface area contributed by atoms with Gasteiger partial charge in [0.25, 0.3) is 0 Å². The molecule has 0 aromatic heterocycles. The lowest BCUT2D eigenvalue weighted by Crippen LogP contribution is -2.65. The van der Waals surface area contributed by atoms with Crippen LogP contribution in [0.1, 0.15) is 12.8 Å². The van der Waals surface area contributed by atoms with Gasteiger partial charge < -0.3 is 10.6 Å². The third-order valence-corrected chi connectivity index (χ3v) is 2.93. The normalized spacial score (nSPS) is 54.3. The first-order chi connectivity index (χ1) is 4.56. The second-order valence-electron chi connectivity index (χ2n) is 3.79. The van der Waals surface area contributed by atoms with Crippen LogP contribution in [0.15, 0.2) is 0 Å². The molecule has 1 aliphatic carbocycles. The molecule has 2 rings (SSSR count). The molecule has 0 amide bonds. The van der Waals surface area contributed by atoms with Crippen molar-refractivity contribution in [3.8, 4) is 0 Å². The number of nitrogens with zero attached hydrogens (tertiary/aromatic N) is 1. The van der Waals surface area contributed by atoms with Gasteiger partial charge in [0.2, 0.25) is 0 Å². The Hall–Kier alpha value is -0.150. The van der Waals surface area contributed by atoms with E-state index >= 15 is 0 Å². The largest absolute Gasteiger partial charge is 0.321 e. The van der Waals surface area contributed by atoms with E-state index in [-0.39, 0.29) is 0 Å². The Bertz CT molecular complexity index is 155. The predicted molar refractivity (Wildman–Crippen MR) is 37.5 cm³/mol. The summed E-state index contributed by atoms with van der Waals surface area (Å²) in [6.07, 6.45) is 1.52. The van der Waals surface area contributed by atoms with Gasteiger partial charge in [-0.1, -0.05) is 0 Å². The van der Waals surface area contributed by atoms with Gasteiger partial charge in [0.05, 0.1) is 5.54 Å². The van der Waals surface area contributed by atoms with Gasteiger partial charge in [0.1, 0.15) is 5.67 Å². The number of halogens is 1. The highest BCUT2D eigenvalue weighted by Gasteiger charge is 2.62. The molecule has 0 aromatic rings. The van der Waals surface area contributed by atoms with E-state index < -0.39 is 11.2 Å². The Morgan fingerprint density at radius 2 is 2.10 bits per heavy atom. The minimum Gasteiger partial charge on any atom is -0.321 e. The number of alkyl halides is 1. The molecule has 1 heterocycles. The van der Waals surface area contributed by atoms with E-state index in [1.54, 1.807) is 0 Å². The molecule has 2 fully saturated rings. The fraction of sp³-hybridized carbons (Fsp3) is 1.00. The second kappa shape index (κ2) is 1.53. The Morgan fingerprint density at radius 1 is 1.40 bits per heavy atom. The van der Waals surface area contributed by atoms with Gasteiger partial charge in [0, 0.05) is 13.1 Å². The van der Waals surface area contributed by atoms with E-state index in [0.717, 1.165) is 13.0 Å².